The maximum Gasteiger partial charge on any atom is 0.000790 e. The van der Waals surface area contributed by atoms with E-state index in [2.05, 4.69) is 24.5 Å². The third-order valence-electron chi connectivity index (χ3n) is 5.43. The van der Waals surface area contributed by atoms with Crippen LogP contribution in [0.3, 0.4) is 0 Å². The lowest BCUT2D eigenvalue weighted by atomic mass is 9.78. The summed E-state index contributed by atoms with van der Waals surface area (Å²) < 4.78 is 0. The van der Waals surface area contributed by atoms with E-state index in [0.717, 1.165) is 11.8 Å². The first kappa shape index (κ1) is 16.3. The molecule has 0 bridgehead atoms. The van der Waals surface area contributed by atoms with Gasteiger partial charge in [-0.2, -0.15) is 0 Å². The highest BCUT2D eigenvalue weighted by Crippen LogP contribution is 2.42. The van der Waals surface area contributed by atoms with Gasteiger partial charge in [-0.3, -0.25) is 0 Å². The zero-order valence-corrected chi connectivity index (χ0v) is 13.8. The number of nitrogens with one attached hydrogen (secondary N) is 2. The topological polar surface area (TPSA) is 24.1 Å². The van der Waals surface area contributed by atoms with Crippen molar-refractivity contribution in [2.45, 2.75) is 71.6 Å². The quantitative estimate of drug-likeness (QED) is 0.658. The Morgan fingerprint density at radius 3 is 2.50 bits per heavy atom. The predicted octanol–water partition coefficient (Wildman–Crippen LogP) is 3.96. The normalized spacial score (nSPS) is 23.6. The lowest BCUT2D eigenvalue weighted by Gasteiger charge is -2.31. The van der Waals surface area contributed by atoms with Gasteiger partial charge >= 0.3 is 0 Å². The van der Waals surface area contributed by atoms with E-state index in [1.54, 1.807) is 0 Å². The fourth-order valence-corrected chi connectivity index (χ4v) is 4.48. The van der Waals surface area contributed by atoms with Crippen LogP contribution in [0.1, 0.15) is 71.6 Å². The Morgan fingerprint density at radius 1 is 1.15 bits per heavy atom. The van der Waals surface area contributed by atoms with Gasteiger partial charge in [-0.25, -0.2) is 0 Å². The van der Waals surface area contributed by atoms with E-state index >= 15 is 0 Å². The molecular formula is C18H36N2. The zero-order valence-electron chi connectivity index (χ0n) is 13.8. The molecule has 1 aliphatic carbocycles. The summed E-state index contributed by atoms with van der Waals surface area (Å²) in [6.45, 7) is 9.78. The summed E-state index contributed by atoms with van der Waals surface area (Å²) in [5.41, 5.74) is 0.642. The van der Waals surface area contributed by atoms with Gasteiger partial charge in [0, 0.05) is 6.54 Å². The van der Waals surface area contributed by atoms with Gasteiger partial charge in [-0.15, -0.1) is 0 Å². The first-order valence-corrected chi connectivity index (χ1v) is 9.12. The van der Waals surface area contributed by atoms with Crippen molar-refractivity contribution in [2.75, 3.05) is 26.2 Å². The van der Waals surface area contributed by atoms with E-state index in [4.69, 9.17) is 0 Å². The van der Waals surface area contributed by atoms with Gasteiger partial charge in [0.2, 0.25) is 0 Å². The van der Waals surface area contributed by atoms with Crippen LogP contribution in [0.15, 0.2) is 0 Å². The highest BCUT2D eigenvalue weighted by atomic mass is 14.9. The SMILES string of the molecule is CC(C)CC1(CNCCCC2CCNCC2)CCCC1. The number of hydrogen-bond donors (Lipinski definition) is 2. The maximum atomic E-state index is 3.80. The van der Waals surface area contributed by atoms with Gasteiger partial charge in [0.15, 0.2) is 0 Å². The van der Waals surface area contributed by atoms with Crippen molar-refractivity contribution < 1.29 is 0 Å². The number of rotatable bonds is 8. The van der Waals surface area contributed by atoms with Gasteiger partial charge in [0.1, 0.15) is 0 Å². The third-order valence-corrected chi connectivity index (χ3v) is 5.43. The summed E-state index contributed by atoms with van der Waals surface area (Å²) in [6, 6.07) is 0. The molecule has 0 atom stereocenters. The lowest BCUT2D eigenvalue weighted by Crippen LogP contribution is -2.34. The molecule has 1 aliphatic heterocycles. The number of hydrogen-bond acceptors (Lipinski definition) is 2. The molecule has 0 aromatic heterocycles. The molecule has 1 heterocycles. The smallest absolute Gasteiger partial charge is 0.000790 e. The molecule has 0 spiro atoms. The van der Waals surface area contributed by atoms with Crippen LogP contribution < -0.4 is 10.6 Å². The highest BCUT2D eigenvalue weighted by Gasteiger charge is 2.33. The minimum atomic E-state index is 0.642. The summed E-state index contributed by atoms with van der Waals surface area (Å²) in [6.07, 6.45) is 12.9. The van der Waals surface area contributed by atoms with Crippen LogP contribution in [0.5, 0.6) is 0 Å². The largest absolute Gasteiger partial charge is 0.317 e. The average Bonchev–Trinajstić information content (AvgIpc) is 2.87. The molecule has 20 heavy (non-hydrogen) atoms. The van der Waals surface area contributed by atoms with E-state index in [1.165, 1.54) is 84.0 Å². The van der Waals surface area contributed by atoms with Gasteiger partial charge in [-0.1, -0.05) is 26.7 Å². The number of piperidine rings is 1. The lowest BCUT2D eigenvalue weighted by molar-refractivity contribution is 0.223. The van der Waals surface area contributed by atoms with E-state index in [-0.39, 0.29) is 0 Å². The molecule has 2 N–H and O–H groups in total. The molecule has 2 heteroatoms. The van der Waals surface area contributed by atoms with Crippen LogP contribution in [0.4, 0.5) is 0 Å². The molecule has 2 rings (SSSR count). The van der Waals surface area contributed by atoms with E-state index in [0.29, 0.717) is 5.41 Å². The van der Waals surface area contributed by atoms with E-state index < -0.39 is 0 Å². The summed E-state index contributed by atoms with van der Waals surface area (Å²) >= 11 is 0. The Morgan fingerprint density at radius 2 is 1.85 bits per heavy atom. The Kier molecular flexibility index (Phi) is 6.83. The van der Waals surface area contributed by atoms with Gasteiger partial charge in [0.25, 0.3) is 0 Å². The van der Waals surface area contributed by atoms with E-state index in [1.807, 2.05) is 0 Å². The third kappa shape index (κ3) is 5.37. The summed E-state index contributed by atoms with van der Waals surface area (Å²) in [5, 5.41) is 7.26. The summed E-state index contributed by atoms with van der Waals surface area (Å²) in [4.78, 5) is 0. The van der Waals surface area contributed by atoms with Crippen molar-refractivity contribution >= 4 is 0 Å². The fraction of sp³-hybridized carbons (Fsp3) is 1.00. The zero-order chi connectivity index (χ0) is 14.3. The molecule has 118 valence electrons. The standard InChI is InChI=1S/C18H36N2/c1-16(2)14-18(9-3-4-10-18)15-20-11-5-6-17-7-12-19-13-8-17/h16-17,19-20H,3-15H2,1-2H3. The summed E-state index contributed by atoms with van der Waals surface area (Å²) in [5.74, 6) is 1.85. The van der Waals surface area contributed by atoms with Crippen LogP contribution >= 0.6 is 0 Å². The second kappa shape index (κ2) is 8.38. The average molecular weight is 280 g/mol. The minimum Gasteiger partial charge on any atom is -0.317 e. The first-order chi connectivity index (χ1) is 9.70. The Bertz CT molecular complexity index is 250. The molecule has 0 aromatic rings. The molecule has 0 unspecified atom stereocenters. The van der Waals surface area contributed by atoms with Crippen molar-refractivity contribution in [2.24, 2.45) is 17.3 Å². The van der Waals surface area contributed by atoms with Crippen LogP contribution in [-0.4, -0.2) is 26.2 Å². The molecule has 0 radical (unpaired) electrons. The van der Waals surface area contributed by atoms with Crippen molar-refractivity contribution in [3.05, 3.63) is 0 Å². The molecular weight excluding hydrogens is 244 g/mol. The van der Waals surface area contributed by atoms with Gasteiger partial charge < -0.3 is 10.6 Å². The molecule has 2 aliphatic rings. The second-order valence-corrected chi connectivity index (χ2v) is 7.82. The molecule has 2 nitrogen and oxygen atoms in total. The monoisotopic (exact) mass is 280 g/mol. The van der Waals surface area contributed by atoms with Crippen molar-refractivity contribution in [3.63, 3.8) is 0 Å². The van der Waals surface area contributed by atoms with Crippen LogP contribution in [0.2, 0.25) is 0 Å². The molecule has 1 saturated carbocycles. The second-order valence-electron chi connectivity index (χ2n) is 7.82. The Balaban J connectivity index is 1.58. The fourth-order valence-electron chi connectivity index (χ4n) is 4.48. The Labute approximate surface area is 126 Å². The van der Waals surface area contributed by atoms with E-state index in [9.17, 15) is 0 Å². The molecule has 0 aromatic carbocycles. The maximum absolute atomic E-state index is 3.80. The van der Waals surface area contributed by atoms with Crippen LogP contribution in [0, 0.1) is 17.3 Å². The van der Waals surface area contributed by atoms with Crippen LogP contribution in [0.25, 0.3) is 0 Å². The first-order valence-electron chi connectivity index (χ1n) is 9.12. The van der Waals surface area contributed by atoms with Crippen molar-refractivity contribution in [1.29, 1.82) is 0 Å². The van der Waals surface area contributed by atoms with Gasteiger partial charge in [0.05, 0.1) is 0 Å². The van der Waals surface area contributed by atoms with Crippen molar-refractivity contribution in [3.8, 4) is 0 Å². The predicted molar refractivity (Wildman–Crippen MR) is 88.1 cm³/mol. The highest BCUT2D eigenvalue weighted by molar-refractivity contribution is 4.87. The van der Waals surface area contributed by atoms with Crippen LogP contribution in [-0.2, 0) is 0 Å². The minimum absolute atomic E-state index is 0.642. The van der Waals surface area contributed by atoms with Gasteiger partial charge in [-0.05, 0) is 81.8 Å². The summed E-state index contributed by atoms with van der Waals surface area (Å²) in [7, 11) is 0. The molecule has 1 saturated heterocycles. The Hall–Kier alpha value is -0.0800. The van der Waals surface area contributed by atoms with Crippen molar-refractivity contribution in [1.82, 2.24) is 10.6 Å². The molecule has 2 fully saturated rings. The molecule has 0 amide bonds.